The van der Waals surface area contributed by atoms with Crippen molar-refractivity contribution in [3.05, 3.63) is 53.8 Å². The van der Waals surface area contributed by atoms with Gasteiger partial charge in [0.1, 0.15) is 27.8 Å². The van der Waals surface area contributed by atoms with Gasteiger partial charge in [-0.25, -0.2) is 12.8 Å². The summed E-state index contributed by atoms with van der Waals surface area (Å²) in [6, 6.07) is 10.3. The van der Waals surface area contributed by atoms with Crippen LogP contribution in [0.2, 0.25) is 0 Å². The zero-order chi connectivity index (χ0) is 19.2. The first kappa shape index (κ1) is 17.9. The monoisotopic (exact) mass is 391 g/mol. The first-order chi connectivity index (χ1) is 12.8. The number of rotatable bonds is 3. The van der Waals surface area contributed by atoms with Crippen molar-refractivity contribution in [2.75, 3.05) is 20.2 Å². The van der Waals surface area contributed by atoms with Crippen molar-refractivity contribution in [1.82, 2.24) is 4.31 Å². The molecule has 1 spiro atoms. The van der Waals surface area contributed by atoms with Crippen LogP contribution < -0.4 is 9.47 Å². The number of Topliss-reactive ketones (excluding diaryl/α,β-unsaturated/α-hetero) is 1. The van der Waals surface area contributed by atoms with Crippen molar-refractivity contribution in [1.29, 1.82) is 0 Å². The Morgan fingerprint density at radius 1 is 1.22 bits per heavy atom. The largest absolute Gasteiger partial charge is 0.495 e. The van der Waals surface area contributed by atoms with Crippen molar-refractivity contribution in [3.8, 4) is 11.5 Å². The topological polar surface area (TPSA) is 72.9 Å². The molecule has 1 atom stereocenters. The van der Waals surface area contributed by atoms with Crippen LogP contribution in [-0.2, 0) is 10.0 Å². The van der Waals surface area contributed by atoms with Crippen LogP contribution in [-0.4, -0.2) is 44.3 Å². The summed E-state index contributed by atoms with van der Waals surface area (Å²) in [7, 11) is -2.67. The van der Waals surface area contributed by atoms with E-state index in [2.05, 4.69) is 0 Å². The quantitative estimate of drug-likeness (QED) is 0.804. The van der Waals surface area contributed by atoms with Crippen molar-refractivity contribution in [3.63, 3.8) is 0 Å². The van der Waals surface area contributed by atoms with Crippen LogP contribution in [0.1, 0.15) is 23.2 Å². The minimum Gasteiger partial charge on any atom is -0.495 e. The smallest absolute Gasteiger partial charge is 0.247 e. The number of para-hydroxylation sites is 1. The molecule has 0 radical (unpaired) electrons. The van der Waals surface area contributed by atoms with E-state index in [0.717, 1.165) is 12.1 Å². The fourth-order valence-electron chi connectivity index (χ4n) is 3.68. The molecule has 6 nitrogen and oxygen atoms in total. The second kappa shape index (κ2) is 6.31. The van der Waals surface area contributed by atoms with Crippen LogP contribution in [0.5, 0.6) is 11.5 Å². The van der Waals surface area contributed by atoms with Gasteiger partial charge in [-0.1, -0.05) is 12.1 Å². The second-order valence-electron chi connectivity index (χ2n) is 6.76. The Morgan fingerprint density at radius 3 is 2.78 bits per heavy atom. The first-order valence-corrected chi connectivity index (χ1v) is 9.94. The number of carbonyl (C=O) groups excluding carboxylic acids is 1. The van der Waals surface area contributed by atoms with E-state index in [9.17, 15) is 17.6 Å². The van der Waals surface area contributed by atoms with E-state index in [-0.39, 0.29) is 35.9 Å². The molecule has 2 aromatic rings. The number of ketones is 1. The van der Waals surface area contributed by atoms with Gasteiger partial charge in [0.05, 0.1) is 25.6 Å². The molecule has 1 fully saturated rings. The Balaban J connectivity index is 1.65. The van der Waals surface area contributed by atoms with E-state index in [1.54, 1.807) is 24.3 Å². The van der Waals surface area contributed by atoms with E-state index in [0.29, 0.717) is 17.7 Å². The van der Waals surface area contributed by atoms with Gasteiger partial charge in [0.25, 0.3) is 0 Å². The number of methoxy groups -OCH3 is 1. The Hall–Kier alpha value is -2.45. The van der Waals surface area contributed by atoms with E-state index >= 15 is 0 Å². The molecule has 0 unspecified atom stereocenters. The standard InChI is InChI=1S/C19H18FNO5S/c1-25-17-7-6-13(20)10-18(17)27(23,24)21-9-8-19(12-21)11-15(22)14-4-2-3-5-16(14)26-19/h2-7,10H,8-9,11-12H2,1H3/t19-/m0/s1. The maximum absolute atomic E-state index is 13.7. The number of hydrogen-bond acceptors (Lipinski definition) is 5. The first-order valence-electron chi connectivity index (χ1n) is 8.50. The second-order valence-corrected chi connectivity index (χ2v) is 8.67. The summed E-state index contributed by atoms with van der Waals surface area (Å²) < 4.78 is 52.2. The third kappa shape index (κ3) is 2.98. The molecular formula is C19H18FNO5S. The third-order valence-corrected chi connectivity index (χ3v) is 6.89. The molecule has 0 saturated carbocycles. The predicted octanol–water partition coefficient (Wildman–Crippen LogP) is 2.63. The Morgan fingerprint density at radius 2 is 2.00 bits per heavy atom. The Kier molecular flexibility index (Phi) is 4.20. The summed E-state index contributed by atoms with van der Waals surface area (Å²) in [5, 5.41) is 0. The lowest BCUT2D eigenvalue weighted by Gasteiger charge is -2.34. The molecule has 2 aromatic carbocycles. The molecule has 4 rings (SSSR count). The predicted molar refractivity (Wildman–Crippen MR) is 95.1 cm³/mol. The van der Waals surface area contributed by atoms with Crippen LogP contribution >= 0.6 is 0 Å². The molecule has 0 bridgehead atoms. The molecule has 0 aromatic heterocycles. The number of carbonyl (C=O) groups is 1. The zero-order valence-corrected chi connectivity index (χ0v) is 15.5. The zero-order valence-electron chi connectivity index (χ0n) is 14.6. The van der Waals surface area contributed by atoms with E-state index in [4.69, 9.17) is 9.47 Å². The average molecular weight is 391 g/mol. The van der Waals surface area contributed by atoms with Crippen molar-refractivity contribution < 1.29 is 27.1 Å². The van der Waals surface area contributed by atoms with Crippen LogP contribution in [0.4, 0.5) is 4.39 Å². The summed E-state index contributed by atoms with van der Waals surface area (Å²) in [4.78, 5) is 12.3. The number of hydrogen-bond donors (Lipinski definition) is 0. The Bertz CT molecular complexity index is 1020. The van der Waals surface area contributed by atoms with Gasteiger partial charge in [-0.15, -0.1) is 0 Å². The number of benzene rings is 2. The average Bonchev–Trinajstić information content (AvgIpc) is 3.05. The highest BCUT2D eigenvalue weighted by Gasteiger charge is 2.49. The molecule has 1 saturated heterocycles. The summed E-state index contributed by atoms with van der Waals surface area (Å²) in [5.41, 5.74) is -0.393. The lowest BCUT2D eigenvalue weighted by Crippen LogP contribution is -2.45. The molecule has 27 heavy (non-hydrogen) atoms. The SMILES string of the molecule is COc1ccc(F)cc1S(=O)(=O)N1CC[C@]2(CC(=O)c3ccccc3O2)C1. The van der Waals surface area contributed by atoms with Gasteiger partial charge in [-0.05, 0) is 30.3 Å². The molecule has 2 heterocycles. The van der Waals surface area contributed by atoms with E-state index in [1.807, 2.05) is 0 Å². The van der Waals surface area contributed by atoms with Gasteiger partial charge in [-0.2, -0.15) is 4.31 Å². The summed E-state index contributed by atoms with van der Waals surface area (Å²) in [6.45, 7) is 0.201. The van der Waals surface area contributed by atoms with Gasteiger partial charge < -0.3 is 9.47 Å². The van der Waals surface area contributed by atoms with Crippen LogP contribution in [0.3, 0.4) is 0 Å². The molecule has 0 amide bonds. The highest BCUT2D eigenvalue weighted by molar-refractivity contribution is 7.89. The molecular weight excluding hydrogens is 373 g/mol. The number of nitrogens with zero attached hydrogens (tertiary/aromatic N) is 1. The lowest BCUT2D eigenvalue weighted by molar-refractivity contribution is 0.0498. The molecule has 8 heteroatoms. The van der Waals surface area contributed by atoms with Gasteiger partial charge >= 0.3 is 0 Å². The van der Waals surface area contributed by atoms with Crippen LogP contribution in [0.25, 0.3) is 0 Å². The fourth-order valence-corrected chi connectivity index (χ4v) is 5.36. The lowest BCUT2D eigenvalue weighted by atomic mass is 9.89. The van der Waals surface area contributed by atoms with E-state index < -0.39 is 21.4 Å². The minimum atomic E-state index is -4.00. The Labute approximate surface area is 156 Å². The van der Waals surface area contributed by atoms with Gasteiger partial charge in [0.2, 0.25) is 10.0 Å². The molecule has 2 aliphatic rings. The molecule has 0 aliphatic carbocycles. The number of halogens is 1. The van der Waals surface area contributed by atoms with Gasteiger partial charge in [-0.3, -0.25) is 4.79 Å². The maximum atomic E-state index is 13.7. The normalized spacial score (nSPS) is 22.5. The summed E-state index contributed by atoms with van der Waals surface area (Å²) in [5.74, 6) is -0.194. The van der Waals surface area contributed by atoms with Crippen LogP contribution in [0, 0.1) is 5.82 Å². The fraction of sp³-hybridized carbons (Fsp3) is 0.316. The van der Waals surface area contributed by atoms with E-state index in [1.165, 1.54) is 17.5 Å². The summed E-state index contributed by atoms with van der Waals surface area (Å²) in [6.07, 6.45) is 0.486. The minimum absolute atomic E-state index is 0.0229. The highest BCUT2D eigenvalue weighted by atomic mass is 32.2. The highest BCUT2D eigenvalue weighted by Crippen LogP contribution is 2.40. The number of fused-ring (bicyclic) bond motifs is 1. The van der Waals surface area contributed by atoms with Crippen molar-refractivity contribution in [2.24, 2.45) is 0 Å². The maximum Gasteiger partial charge on any atom is 0.247 e. The van der Waals surface area contributed by atoms with Crippen molar-refractivity contribution in [2.45, 2.75) is 23.3 Å². The van der Waals surface area contributed by atoms with Gasteiger partial charge in [0.15, 0.2) is 5.78 Å². The third-order valence-electron chi connectivity index (χ3n) is 5.02. The summed E-state index contributed by atoms with van der Waals surface area (Å²) >= 11 is 0. The molecule has 2 aliphatic heterocycles. The van der Waals surface area contributed by atoms with Crippen LogP contribution in [0.15, 0.2) is 47.4 Å². The van der Waals surface area contributed by atoms with Crippen molar-refractivity contribution >= 4 is 15.8 Å². The number of ether oxygens (including phenoxy) is 2. The van der Waals surface area contributed by atoms with Gasteiger partial charge in [0, 0.05) is 13.0 Å². The number of sulfonamides is 1. The molecule has 0 N–H and O–H groups in total. The molecule has 142 valence electrons.